The van der Waals surface area contributed by atoms with Crippen LogP contribution in [-0.2, 0) is 14.2 Å². The molecule has 0 saturated heterocycles. The third-order valence-corrected chi connectivity index (χ3v) is 6.85. The van der Waals surface area contributed by atoms with Crippen LogP contribution < -0.4 is 16.0 Å². The molecule has 0 aliphatic rings. The molecule has 1 aromatic rings. The molecule has 12 nitrogen and oxygen atoms in total. The van der Waals surface area contributed by atoms with Gasteiger partial charge in [0.05, 0.1) is 0 Å². The Morgan fingerprint density at radius 2 is 0.762 bits per heavy atom. The number of nitrogens with one attached hydrogen (secondary N) is 3. The number of hydrogen-bond donors (Lipinski definition) is 3. The Kier molecular flexibility index (Phi) is 19.7. The van der Waals surface area contributed by atoms with Crippen LogP contribution in [0.3, 0.4) is 0 Å². The van der Waals surface area contributed by atoms with Crippen molar-refractivity contribution in [2.24, 2.45) is 0 Å². The summed E-state index contributed by atoms with van der Waals surface area (Å²) in [4.78, 5) is 50.3. The molecule has 12 heteroatoms. The summed E-state index contributed by atoms with van der Waals surface area (Å²) in [6.07, 6.45) is 10.5. The molecule has 1 rings (SSSR count). The number of nitrogens with zero attached hydrogens (tertiary/aromatic N) is 3. The molecule has 0 spiro atoms. The molecule has 0 bridgehead atoms. The molecule has 3 N–H and O–H groups in total. The van der Waals surface area contributed by atoms with E-state index in [9.17, 15) is 14.4 Å². The number of rotatable bonds is 21. The van der Waals surface area contributed by atoms with Gasteiger partial charge in [-0.05, 0) is 57.8 Å². The van der Waals surface area contributed by atoms with Gasteiger partial charge < -0.3 is 14.2 Å². The van der Waals surface area contributed by atoms with Crippen LogP contribution in [-0.4, -0.2) is 51.5 Å². The summed E-state index contributed by atoms with van der Waals surface area (Å²) in [5.74, 6) is -0.600. The van der Waals surface area contributed by atoms with Crippen LogP contribution in [0.2, 0.25) is 0 Å². The first-order valence-electron chi connectivity index (χ1n) is 16.0. The van der Waals surface area contributed by atoms with Crippen molar-refractivity contribution in [2.45, 2.75) is 156 Å². The van der Waals surface area contributed by atoms with Crippen molar-refractivity contribution in [3.05, 3.63) is 0 Å². The number of unbranched alkanes of at least 4 members (excludes halogenated alkanes) is 6. The number of aromatic nitrogens is 3. The van der Waals surface area contributed by atoms with Gasteiger partial charge in [0.15, 0.2) is 0 Å². The molecule has 3 unspecified atom stereocenters. The summed E-state index contributed by atoms with van der Waals surface area (Å²) in [7, 11) is 0. The smallest absolute Gasteiger partial charge is 0.414 e. The molecular formula is C30H54N6O6. The Morgan fingerprint density at radius 3 is 0.976 bits per heavy atom. The third-order valence-electron chi connectivity index (χ3n) is 6.85. The molecular weight excluding hydrogens is 540 g/mol. The van der Waals surface area contributed by atoms with Crippen molar-refractivity contribution in [3.63, 3.8) is 0 Å². The predicted molar refractivity (Wildman–Crippen MR) is 165 cm³/mol. The summed E-state index contributed by atoms with van der Waals surface area (Å²) < 4.78 is 16.6. The molecule has 42 heavy (non-hydrogen) atoms. The van der Waals surface area contributed by atoms with E-state index in [1.54, 1.807) is 0 Å². The number of hydrogen-bond acceptors (Lipinski definition) is 9. The van der Waals surface area contributed by atoms with Crippen LogP contribution in [0.25, 0.3) is 0 Å². The highest BCUT2D eigenvalue weighted by molar-refractivity contribution is 5.86. The van der Waals surface area contributed by atoms with E-state index in [-0.39, 0.29) is 36.2 Å². The second kappa shape index (κ2) is 22.4. The zero-order chi connectivity index (χ0) is 31.2. The van der Waals surface area contributed by atoms with Gasteiger partial charge in [-0.25, -0.2) is 14.4 Å². The first-order chi connectivity index (χ1) is 20.3. The molecule has 0 aliphatic heterocycles. The Hall–Kier alpha value is -3.18. The molecule has 3 amide bonds. The Bertz CT molecular complexity index is 792. The highest BCUT2D eigenvalue weighted by Crippen LogP contribution is 2.16. The Balaban J connectivity index is 3.02. The second-order valence-corrected chi connectivity index (χ2v) is 10.5. The fourth-order valence-electron chi connectivity index (χ4n) is 4.27. The molecule has 0 aromatic carbocycles. The standard InChI is InChI=1S/C30H54N6O6/c1-7-13-16-19-22(10-4)40-28(37)34-25-31-26(35-29(38)41-23(11-5)20-17-14-8-2)33-27(32-25)36-30(39)42-24(12-6)21-18-15-9-3/h22-24H,7-21H2,1-6H3,(H3,31,32,33,34,35,36,37,38,39). The summed E-state index contributed by atoms with van der Waals surface area (Å²) in [6, 6.07) is 0. The maximum Gasteiger partial charge on any atom is 0.414 e. The maximum atomic E-state index is 12.6. The highest BCUT2D eigenvalue weighted by atomic mass is 16.6. The fraction of sp³-hybridized carbons (Fsp3) is 0.800. The van der Waals surface area contributed by atoms with E-state index in [1.165, 1.54) is 0 Å². The quantitative estimate of drug-likeness (QED) is 0.0937. The first-order valence-corrected chi connectivity index (χ1v) is 16.0. The largest absolute Gasteiger partial charge is 0.446 e. The zero-order valence-electron chi connectivity index (χ0n) is 26.6. The number of carbonyl (C=O) groups is 3. The van der Waals surface area contributed by atoms with E-state index < -0.39 is 18.3 Å². The number of carbonyl (C=O) groups excluding carboxylic acids is 3. The lowest BCUT2D eigenvalue weighted by Crippen LogP contribution is -2.26. The SMILES string of the molecule is CCCCCC(CC)OC(=O)Nc1nc(NC(=O)OC(CC)CCCCC)nc(NC(=O)OC(CC)CCCCC)n1. The van der Waals surface area contributed by atoms with Crippen LogP contribution >= 0.6 is 0 Å². The zero-order valence-corrected chi connectivity index (χ0v) is 26.6. The lowest BCUT2D eigenvalue weighted by molar-refractivity contribution is 0.100. The molecule has 1 aromatic heterocycles. The van der Waals surface area contributed by atoms with Crippen molar-refractivity contribution < 1.29 is 28.6 Å². The minimum Gasteiger partial charge on any atom is -0.446 e. The second-order valence-electron chi connectivity index (χ2n) is 10.5. The van der Waals surface area contributed by atoms with Gasteiger partial charge in [0.1, 0.15) is 18.3 Å². The average Bonchev–Trinajstić information content (AvgIpc) is 2.95. The monoisotopic (exact) mass is 594 g/mol. The van der Waals surface area contributed by atoms with E-state index >= 15 is 0 Å². The number of amides is 3. The van der Waals surface area contributed by atoms with Gasteiger partial charge in [0.2, 0.25) is 17.8 Å². The molecule has 0 saturated carbocycles. The summed E-state index contributed by atoms with van der Waals surface area (Å²) in [5.41, 5.74) is 0. The molecule has 240 valence electrons. The third kappa shape index (κ3) is 16.3. The van der Waals surface area contributed by atoms with Crippen LogP contribution in [0, 0.1) is 0 Å². The number of ether oxygens (including phenoxy) is 3. The van der Waals surface area contributed by atoms with E-state index in [0.717, 1.165) is 77.0 Å². The van der Waals surface area contributed by atoms with Gasteiger partial charge in [-0.15, -0.1) is 0 Å². The van der Waals surface area contributed by atoms with Gasteiger partial charge in [0, 0.05) is 0 Å². The summed E-state index contributed by atoms with van der Waals surface area (Å²) in [5, 5.41) is 7.47. The van der Waals surface area contributed by atoms with Gasteiger partial charge in [-0.1, -0.05) is 80.1 Å². The van der Waals surface area contributed by atoms with Crippen molar-refractivity contribution in [1.82, 2.24) is 15.0 Å². The van der Waals surface area contributed by atoms with Crippen LogP contribution in [0.4, 0.5) is 32.2 Å². The fourth-order valence-corrected chi connectivity index (χ4v) is 4.27. The van der Waals surface area contributed by atoms with Crippen LogP contribution in [0.1, 0.15) is 138 Å². The Labute approximate surface area is 251 Å². The number of anilines is 3. The van der Waals surface area contributed by atoms with Crippen molar-refractivity contribution in [1.29, 1.82) is 0 Å². The average molecular weight is 595 g/mol. The molecule has 1 heterocycles. The van der Waals surface area contributed by atoms with E-state index in [4.69, 9.17) is 14.2 Å². The lowest BCUT2D eigenvalue weighted by atomic mass is 10.1. The topological polar surface area (TPSA) is 154 Å². The Morgan fingerprint density at radius 1 is 0.500 bits per heavy atom. The lowest BCUT2D eigenvalue weighted by Gasteiger charge is -2.18. The minimum absolute atomic E-state index is 0.200. The molecule has 0 fully saturated rings. The van der Waals surface area contributed by atoms with Crippen molar-refractivity contribution in [3.8, 4) is 0 Å². The maximum absolute atomic E-state index is 12.6. The predicted octanol–water partition coefficient (Wildman–Crippen LogP) is 8.59. The van der Waals surface area contributed by atoms with E-state index in [2.05, 4.69) is 51.7 Å². The normalized spacial score (nSPS) is 13.0. The van der Waals surface area contributed by atoms with Gasteiger partial charge >= 0.3 is 18.3 Å². The molecule has 0 radical (unpaired) electrons. The van der Waals surface area contributed by atoms with E-state index in [0.29, 0.717) is 19.3 Å². The summed E-state index contributed by atoms with van der Waals surface area (Å²) >= 11 is 0. The molecule has 0 aliphatic carbocycles. The van der Waals surface area contributed by atoms with Crippen LogP contribution in [0.15, 0.2) is 0 Å². The van der Waals surface area contributed by atoms with Crippen molar-refractivity contribution >= 4 is 36.1 Å². The van der Waals surface area contributed by atoms with Crippen molar-refractivity contribution in [2.75, 3.05) is 16.0 Å². The van der Waals surface area contributed by atoms with E-state index in [1.807, 2.05) is 20.8 Å². The van der Waals surface area contributed by atoms with Gasteiger partial charge in [0.25, 0.3) is 0 Å². The minimum atomic E-state index is -0.740. The van der Waals surface area contributed by atoms with Gasteiger partial charge in [-0.3, -0.25) is 16.0 Å². The summed E-state index contributed by atoms with van der Waals surface area (Å²) in [6.45, 7) is 12.2. The van der Waals surface area contributed by atoms with Crippen LogP contribution in [0.5, 0.6) is 0 Å². The first kappa shape index (κ1) is 36.8. The highest BCUT2D eigenvalue weighted by Gasteiger charge is 2.20. The van der Waals surface area contributed by atoms with Gasteiger partial charge in [-0.2, -0.15) is 15.0 Å². The molecule has 3 atom stereocenters.